The Labute approximate surface area is 178 Å². The number of carbonyl (C=O) groups is 2. The molecule has 0 aromatic heterocycles. The van der Waals surface area contributed by atoms with E-state index in [0.717, 1.165) is 25.7 Å². The molecule has 0 heterocycles. The van der Waals surface area contributed by atoms with Crippen LogP contribution in [-0.4, -0.2) is 47.4 Å². The predicted octanol–water partition coefficient (Wildman–Crippen LogP) is 2.90. The fourth-order valence-corrected chi connectivity index (χ4v) is 3.59. The molecule has 0 aliphatic heterocycles. The second kappa shape index (κ2) is 11.7. The summed E-state index contributed by atoms with van der Waals surface area (Å²) in [5, 5.41) is 20.8. The number of aliphatic hydroxyl groups is 2. The fraction of sp³-hybridized carbons (Fsp3) is 0.583. The molecular formula is C24H32O6. The second-order valence-electron chi connectivity index (χ2n) is 8.04. The first kappa shape index (κ1) is 23.9. The lowest BCUT2D eigenvalue weighted by molar-refractivity contribution is -0.140. The minimum Gasteiger partial charge on any atom is -0.490 e. The Morgan fingerprint density at radius 2 is 1.90 bits per heavy atom. The fourth-order valence-electron chi connectivity index (χ4n) is 3.59. The van der Waals surface area contributed by atoms with E-state index in [-0.39, 0.29) is 30.7 Å². The predicted molar refractivity (Wildman–Crippen MR) is 113 cm³/mol. The van der Waals surface area contributed by atoms with E-state index in [4.69, 9.17) is 4.74 Å². The topological polar surface area (TPSA) is 93.1 Å². The summed E-state index contributed by atoms with van der Waals surface area (Å²) in [6, 6.07) is 9.16. The minimum absolute atomic E-state index is 0.00830. The van der Waals surface area contributed by atoms with Crippen LogP contribution in [0.2, 0.25) is 0 Å². The second-order valence-corrected chi connectivity index (χ2v) is 8.04. The number of carbonyl (C=O) groups excluding carboxylic acids is 2. The van der Waals surface area contributed by atoms with Gasteiger partial charge >= 0.3 is 5.97 Å². The zero-order valence-corrected chi connectivity index (χ0v) is 17.8. The van der Waals surface area contributed by atoms with E-state index < -0.39 is 17.6 Å². The number of aliphatic hydroxyl groups excluding tert-OH is 1. The summed E-state index contributed by atoms with van der Waals surface area (Å²) in [7, 11) is 1.38. The van der Waals surface area contributed by atoms with E-state index in [1.54, 1.807) is 19.1 Å². The van der Waals surface area contributed by atoms with E-state index in [1.807, 2.05) is 18.2 Å². The maximum atomic E-state index is 12.3. The van der Waals surface area contributed by atoms with E-state index in [2.05, 4.69) is 16.6 Å². The smallest absolute Gasteiger partial charge is 0.305 e. The van der Waals surface area contributed by atoms with Gasteiger partial charge in [-0.25, -0.2) is 0 Å². The summed E-state index contributed by atoms with van der Waals surface area (Å²) in [6.45, 7) is 1.55. The number of methoxy groups -OCH3 is 1. The Kier molecular flexibility index (Phi) is 9.35. The third-order valence-electron chi connectivity index (χ3n) is 5.32. The molecule has 2 rings (SSSR count). The van der Waals surface area contributed by atoms with Crippen LogP contribution in [0, 0.1) is 23.7 Å². The Bertz CT molecular complexity index is 746. The average Bonchev–Trinajstić information content (AvgIpc) is 3.00. The van der Waals surface area contributed by atoms with Gasteiger partial charge in [0.15, 0.2) is 5.60 Å². The maximum Gasteiger partial charge on any atom is 0.305 e. The Morgan fingerprint density at radius 1 is 1.20 bits per heavy atom. The molecule has 6 nitrogen and oxygen atoms in total. The summed E-state index contributed by atoms with van der Waals surface area (Å²) in [6.07, 6.45) is 3.74. The zero-order valence-electron chi connectivity index (χ0n) is 17.8. The third kappa shape index (κ3) is 7.81. The normalized spacial score (nSPS) is 22.7. The molecule has 4 unspecified atom stereocenters. The number of ketones is 1. The molecule has 1 aliphatic carbocycles. The molecule has 2 N–H and O–H groups in total. The molecule has 0 spiro atoms. The minimum atomic E-state index is -1.39. The van der Waals surface area contributed by atoms with Gasteiger partial charge in [-0.2, -0.15) is 0 Å². The van der Waals surface area contributed by atoms with Crippen LogP contribution in [0.5, 0.6) is 5.75 Å². The van der Waals surface area contributed by atoms with Gasteiger partial charge in [0, 0.05) is 18.8 Å². The van der Waals surface area contributed by atoms with Gasteiger partial charge in [-0.15, -0.1) is 0 Å². The van der Waals surface area contributed by atoms with Crippen molar-refractivity contribution in [3.63, 3.8) is 0 Å². The molecule has 4 atom stereocenters. The van der Waals surface area contributed by atoms with Crippen LogP contribution in [0.15, 0.2) is 30.3 Å². The van der Waals surface area contributed by atoms with Crippen LogP contribution in [0.3, 0.4) is 0 Å². The molecule has 1 fully saturated rings. The first-order valence-electron chi connectivity index (χ1n) is 10.5. The standard InChI is InChI=1S/C24H32O6/c1-24(28,17-30-18-10-6-5-7-11-18)15-14-20-19(21(25)16-22(20)26)12-8-3-4-9-13-23(27)29-2/h5-7,10-11,19-20,22,26,28H,3-4,8-9,12-13,16-17H2,1-2H3. The summed E-state index contributed by atoms with van der Waals surface area (Å²) in [5.41, 5.74) is -1.39. The van der Waals surface area contributed by atoms with Crippen LogP contribution in [0.25, 0.3) is 0 Å². The van der Waals surface area contributed by atoms with Crippen molar-refractivity contribution in [3.8, 4) is 17.6 Å². The lowest BCUT2D eigenvalue weighted by Gasteiger charge is -2.19. The van der Waals surface area contributed by atoms with Gasteiger partial charge in [-0.3, -0.25) is 9.59 Å². The number of Topliss-reactive ketones (excluding diaryl/α,β-unsaturated/α-hetero) is 1. The lowest BCUT2D eigenvalue weighted by Crippen LogP contribution is -2.31. The van der Waals surface area contributed by atoms with Crippen LogP contribution in [0.1, 0.15) is 51.9 Å². The summed E-state index contributed by atoms with van der Waals surface area (Å²) in [5.74, 6) is 5.41. The highest BCUT2D eigenvalue weighted by atomic mass is 16.5. The van der Waals surface area contributed by atoms with Gasteiger partial charge in [-0.1, -0.05) is 49.3 Å². The largest absolute Gasteiger partial charge is 0.490 e. The molecule has 0 amide bonds. The first-order chi connectivity index (χ1) is 14.3. The Balaban J connectivity index is 1.85. The van der Waals surface area contributed by atoms with Crippen molar-refractivity contribution in [2.45, 2.75) is 63.6 Å². The van der Waals surface area contributed by atoms with Crippen LogP contribution < -0.4 is 4.74 Å². The van der Waals surface area contributed by atoms with Crippen LogP contribution in [0.4, 0.5) is 0 Å². The average molecular weight is 417 g/mol. The summed E-state index contributed by atoms with van der Waals surface area (Å²) < 4.78 is 10.2. The Hall–Kier alpha value is -2.36. The number of para-hydroxylation sites is 1. The number of hydrogen-bond acceptors (Lipinski definition) is 6. The van der Waals surface area contributed by atoms with E-state index in [1.165, 1.54) is 7.11 Å². The quantitative estimate of drug-likeness (QED) is 0.346. The molecule has 0 radical (unpaired) electrons. The van der Waals surface area contributed by atoms with Crippen LogP contribution in [-0.2, 0) is 14.3 Å². The monoisotopic (exact) mass is 416 g/mol. The number of hydrogen-bond donors (Lipinski definition) is 2. The molecule has 164 valence electrons. The first-order valence-corrected chi connectivity index (χ1v) is 10.5. The van der Waals surface area contributed by atoms with Gasteiger partial charge in [0.25, 0.3) is 0 Å². The SMILES string of the molecule is COC(=O)CCCCCCC1C(=O)CC(O)C1C#CC(C)(O)COc1ccccc1. The molecule has 1 aromatic carbocycles. The lowest BCUT2D eigenvalue weighted by atomic mass is 9.89. The van der Waals surface area contributed by atoms with E-state index in [0.29, 0.717) is 18.6 Å². The third-order valence-corrected chi connectivity index (χ3v) is 5.32. The highest BCUT2D eigenvalue weighted by Gasteiger charge is 2.40. The van der Waals surface area contributed by atoms with Crippen molar-refractivity contribution in [1.82, 2.24) is 0 Å². The summed E-state index contributed by atoms with van der Waals surface area (Å²) in [4.78, 5) is 23.4. The van der Waals surface area contributed by atoms with E-state index in [9.17, 15) is 19.8 Å². The number of benzene rings is 1. The summed E-state index contributed by atoms with van der Waals surface area (Å²) >= 11 is 0. The van der Waals surface area contributed by atoms with Gasteiger partial charge < -0.3 is 19.7 Å². The molecule has 1 aliphatic rings. The van der Waals surface area contributed by atoms with Crippen molar-refractivity contribution in [3.05, 3.63) is 30.3 Å². The van der Waals surface area contributed by atoms with Gasteiger partial charge in [-0.05, 0) is 31.9 Å². The van der Waals surface area contributed by atoms with Crippen molar-refractivity contribution < 1.29 is 29.3 Å². The molecule has 30 heavy (non-hydrogen) atoms. The number of unbranched alkanes of at least 4 members (excludes halogenated alkanes) is 3. The highest BCUT2D eigenvalue weighted by Crippen LogP contribution is 2.33. The van der Waals surface area contributed by atoms with Crippen molar-refractivity contribution in [2.75, 3.05) is 13.7 Å². The van der Waals surface area contributed by atoms with Gasteiger partial charge in [0.05, 0.1) is 19.1 Å². The molecule has 6 heteroatoms. The number of ether oxygens (including phenoxy) is 2. The van der Waals surface area contributed by atoms with Gasteiger partial charge in [0.1, 0.15) is 18.1 Å². The molecule has 0 saturated heterocycles. The molecular weight excluding hydrogens is 384 g/mol. The molecule has 1 aromatic rings. The highest BCUT2D eigenvalue weighted by molar-refractivity contribution is 5.85. The molecule has 0 bridgehead atoms. The van der Waals surface area contributed by atoms with E-state index >= 15 is 0 Å². The van der Waals surface area contributed by atoms with Crippen molar-refractivity contribution >= 4 is 11.8 Å². The van der Waals surface area contributed by atoms with Crippen molar-refractivity contribution in [2.24, 2.45) is 11.8 Å². The molecule has 1 saturated carbocycles. The maximum absolute atomic E-state index is 12.3. The van der Waals surface area contributed by atoms with Gasteiger partial charge in [0.2, 0.25) is 0 Å². The number of rotatable bonds is 10. The van der Waals surface area contributed by atoms with Crippen molar-refractivity contribution in [1.29, 1.82) is 0 Å². The zero-order chi connectivity index (χ0) is 22.0. The Morgan fingerprint density at radius 3 is 2.60 bits per heavy atom. The van der Waals surface area contributed by atoms with Crippen LogP contribution >= 0.6 is 0 Å². The number of esters is 1.